The summed E-state index contributed by atoms with van der Waals surface area (Å²) in [7, 11) is 0. The van der Waals surface area contributed by atoms with Crippen LogP contribution in [0.2, 0.25) is 0 Å². The summed E-state index contributed by atoms with van der Waals surface area (Å²) in [5.74, 6) is 3.16. The Morgan fingerprint density at radius 3 is 2.79 bits per heavy atom. The number of pyridine rings is 1. The third-order valence-corrected chi connectivity index (χ3v) is 4.09. The lowest BCUT2D eigenvalue weighted by molar-refractivity contribution is 0.103. The van der Waals surface area contributed by atoms with Gasteiger partial charge in [0.05, 0.1) is 0 Å². The molecule has 14 heavy (non-hydrogen) atoms. The maximum absolute atomic E-state index is 4.19. The van der Waals surface area contributed by atoms with E-state index < -0.39 is 0 Å². The zero-order chi connectivity index (χ0) is 9.71. The topological polar surface area (TPSA) is 12.9 Å². The Balaban J connectivity index is 2.17. The Hall–Kier alpha value is -1.11. The van der Waals surface area contributed by atoms with Gasteiger partial charge in [-0.1, -0.05) is 26.0 Å². The first-order valence-corrected chi connectivity index (χ1v) is 5.41. The van der Waals surface area contributed by atoms with Gasteiger partial charge in [-0.15, -0.1) is 0 Å². The molecule has 3 aliphatic carbocycles. The molecule has 0 spiro atoms. The molecule has 2 unspecified atom stereocenters. The highest BCUT2D eigenvalue weighted by Crippen LogP contribution is 2.55. The Morgan fingerprint density at radius 1 is 1.21 bits per heavy atom. The summed E-state index contributed by atoms with van der Waals surface area (Å²) in [4.78, 5) is 4.19. The molecular weight excluding hydrogens is 170 g/mol. The predicted octanol–water partition coefficient (Wildman–Crippen LogP) is 3.09. The Morgan fingerprint density at radius 2 is 2.00 bits per heavy atom. The van der Waals surface area contributed by atoms with Gasteiger partial charge in [0.15, 0.2) is 0 Å². The summed E-state index contributed by atoms with van der Waals surface area (Å²) in [6, 6.07) is 2.19. The molecule has 72 valence electrons. The molecule has 1 heterocycles. The molecule has 0 saturated heterocycles. The molecule has 0 aromatic carbocycles. The molecule has 0 amide bonds. The molecule has 3 aliphatic rings. The third-order valence-electron chi connectivity index (χ3n) is 4.09. The minimum atomic E-state index is 0.757. The van der Waals surface area contributed by atoms with E-state index in [0.29, 0.717) is 0 Å². The predicted molar refractivity (Wildman–Crippen MR) is 57.8 cm³/mol. The number of nitrogens with zero attached hydrogens (tertiary/aromatic N) is 1. The zero-order valence-corrected chi connectivity index (χ0v) is 8.64. The second-order valence-electron chi connectivity index (χ2n) is 4.69. The number of hydrogen-bond acceptors (Lipinski definition) is 1. The summed E-state index contributed by atoms with van der Waals surface area (Å²) in [5, 5.41) is 0. The van der Waals surface area contributed by atoms with Gasteiger partial charge >= 0.3 is 0 Å². The lowest BCUT2D eigenvalue weighted by Gasteiger charge is -2.47. The zero-order valence-electron chi connectivity index (χ0n) is 8.64. The number of rotatable bonds is 0. The lowest BCUT2D eigenvalue weighted by Crippen LogP contribution is -2.39. The van der Waals surface area contributed by atoms with E-state index in [1.54, 1.807) is 0 Å². The van der Waals surface area contributed by atoms with Gasteiger partial charge in [0.2, 0.25) is 0 Å². The Kier molecular flexibility index (Phi) is 1.58. The molecule has 0 aliphatic heterocycles. The Labute approximate surface area is 84.9 Å². The molecule has 1 aromatic heterocycles. The van der Waals surface area contributed by atoms with Crippen LogP contribution in [0.1, 0.15) is 30.9 Å². The van der Waals surface area contributed by atoms with Crippen LogP contribution in [-0.4, -0.2) is 4.98 Å². The fourth-order valence-corrected chi connectivity index (χ4v) is 3.28. The molecule has 2 bridgehead atoms. The van der Waals surface area contributed by atoms with Crippen LogP contribution in [0.3, 0.4) is 0 Å². The smallest absolute Gasteiger partial charge is 0.0343 e. The number of aromatic nitrogens is 1. The van der Waals surface area contributed by atoms with Crippen molar-refractivity contribution in [1.82, 2.24) is 4.98 Å². The standard InChI is InChI=1S/C13H15N/c1-8-11-4-3-10-7-14-6-5-12(10)13(8)9(11)2/h3-9,11,13H,1-2H3. The van der Waals surface area contributed by atoms with Crippen LogP contribution in [0.15, 0.2) is 24.5 Å². The first kappa shape index (κ1) is 8.22. The third kappa shape index (κ3) is 0.875. The summed E-state index contributed by atoms with van der Waals surface area (Å²) in [5.41, 5.74) is 2.83. The summed E-state index contributed by atoms with van der Waals surface area (Å²) in [6.07, 6.45) is 8.54. The van der Waals surface area contributed by atoms with Crippen LogP contribution in [0.5, 0.6) is 0 Å². The summed E-state index contributed by atoms with van der Waals surface area (Å²) >= 11 is 0. The molecule has 1 saturated carbocycles. The highest BCUT2D eigenvalue weighted by molar-refractivity contribution is 5.57. The van der Waals surface area contributed by atoms with Crippen molar-refractivity contribution in [1.29, 1.82) is 0 Å². The molecule has 4 rings (SSSR count). The van der Waals surface area contributed by atoms with Gasteiger partial charge in [-0.2, -0.15) is 0 Å². The minimum Gasteiger partial charge on any atom is -0.264 e. The molecule has 1 aromatic rings. The van der Waals surface area contributed by atoms with Gasteiger partial charge in [0.1, 0.15) is 0 Å². The first-order chi connectivity index (χ1) is 6.79. The van der Waals surface area contributed by atoms with Gasteiger partial charge in [0.25, 0.3) is 0 Å². The number of hydrogen-bond donors (Lipinski definition) is 0. The second kappa shape index (κ2) is 2.69. The monoisotopic (exact) mass is 185 g/mol. The highest BCUT2D eigenvalue weighted by Gasteiger charge is 2.45. The van der Waals surface area contributed by atoms with Crippen LogP contribution >= 0.6 is 0 Å². The van der Waals surface area contributed by atoms with Gasteiger partial charge in [0, 0.05) is 12.4 Å². The van der Waals surface area contributed by atoms with E-state index in [0.717, 1.165) is 23.7 Å². The van der Waals surface area contributed by atoms with Crippen LogP contribution in [0.4, 0.5) is 0 Å². The summed E-state index contributed by atoms with van der Waals surface area (Å²) < 4.78 is 0. The fourth-order valence-electron chi connectivity index (χ4n) is 3.28. The van der Waals surface area contributed by atoms with Crippen molar-refractivity contribution in [3.05, 3.63) is 35.7 Å². The highest BCUT2D eigenvalue weighted by atomic mass is 14.6. The van der Waals surface area contributed by atoms with Crippen LogP contribution in [0.25, 0.3) is 6.08 Å². The van der Waals surface area contributed by atoms with Gasteiger partial charge in [-0.25, -0.2) is 0 Å². The van der Waals surface area contributed by atoms with Crippen molar-refractivity contribution in [2.75, 3.05) is 0 Å². The lowest BCUT2D eigenvalue weighted by atomic mass is 9.57. The fraction of sp³-hybridized carbons (Fsp3) is 0.462. The van der Waals surface area contributed by atoms with E-state index in [9.17, 15) is 0 Å². The summed E-state index contributed by atoms with van der Waals surface area (Å²) in [6.45, 7) is 4.74. The van der Waals surface area contributed by atoms with Crippen molar-refractivity contribution in [2.24, 2.45) is 17.8 Å². The van der Waals surface area contributed by atoms with Gasteiger partial charge in [-0.05, 0) is 40.9 Å². The second-order valence-corrected chi connectivity index (χ2v) is 4.69. The van der Waals surface area contributed by atoms with Crippen LogP contribution in [0, 0.1) is 17.8 Å². The van der Waals surface area contributed by atoms with Crippen LogP contribution in [-0.2, 0) is 0 Å². The van der Waals surface area contributed by atoms with E-state index in [1.165, 1.54) is 11.1 Å². The largest absolute Gasteiger partial charge is 0.264 e. The van der Waals surface area contributed by atoms with E-state index in [-0.39, 0.29) is 0 Å². The van der Waals surface area contributed by atoms with E-state index in [4.69, 9.17) is 0 Å². The van der Waals surface area contributed by atoms with E-state index in [2.05, 4.69) is 37.0 Å². The number of allylic oxidation sites excluding steroid dienone is 1. The molecule has 1 heteroatoms. The van der Waals surface area contributed by atoms with Crippen molar-refractivity contribution in [3.8, 4) is 0 Å². The van der Waals surface area contributed by atoms with E-state index in [1.807, 2.05) is 12.4 Å². The Bertz CT molecular complexity index is 384. The minimum absolute atomic E-state index is 0.757. The van der Waals surface area contributed by atoms with E-state index >= 15 is 0 Å². The molecule has 2 atom stereocenters. The van der Waals surface area contributed by atoms with Crippen molar-refractivity contribution >= 4 is 6.08 Å². The average Bonchev–Trinajstić information content (AvgIpc) is 2.44. The van der Waals surface area contributed by atoms with Crippen molar-refractivity contribution in [2.45, 2.75) is 19.8 Å². The van der Waals surface area contributed by atoms with Gasteiger partial charge < -0.3 is 0 Å². The molecule has 1 nitrogen and oxygen atoms in total. The normalized spacial score (nSPS) is 38.4. The first-order valence-electron chi connectivity index (χ1n) is 5.41. The maximum atomic E-state index is 4.19. The van der Waals surface area contributed by atoms with Crippen LogP contribution < -0.4 is 0 Å². The SMILES string of the molecule is CC1C2C=Cc3cnccc3C1C2C. The quantitative estimate of drug-likeness (QED) is 0.605. The van der Waals surface area contributed by atoms with Crippen molar-refractivity contribution < 1.29 is 0 Å². The molecule has 0 N–H and O–H groups in total. The van der Waals surface area contributed by atoms with Gasteiger partial charge in [-0.3, -0.25) is 4.98 Å². The molecule has 0 radical (unpaired) electrons. The molecular formula is C13H15N. The van der Waals surface area contributed by atoms with Crippen molar-refractivity contribution in [3.63, 3.8) is 0 Å². The molecule has 1 fully saturated rings. The average molecular weight is 185 g/mol. The maximum Gasteiger partial charge on any atom is 0.0343 e.